The second-order valence-corrected chi connectivity index (χ2v) is 3.58. The minimum absolute atomic E-state index is 0.0155. The van der Waals surface area contributed by atoms with Crippen LogP contribution in [0, 0.1) is 0 Å². The van der Waals surface area contributed by atoms with Crippen LogP contribution in [-0.2, 0) is 0 Å². The number of nitrogens with zero attached hydrogens (tertiary/aromatic N) is 4. The zero-order valence-corrected chi connectivity index (χ0v) is 8.58. The van der Waals surface area contributed by atoms with Crippen LogP contribution in [0.5, 0.6) is 0 Å². The molecule has 0 saturated carbocycles. The van der Waals surface area contributed by atoms with E-state index in [1.807, 2.05) is 24.3 Å². The Hall–Kier alpha value is -2.30. The predicted octanol–water partition coefficient (Wildman–Crippen LogP) is 1.48. The number of carbonyl (C=O) groups excluding carboxylic acids is 1. The molecular formula is C11H8N4O. The average Bonchev–Trinajstić information content (AvgIpc) is 2.75. The molecule has 5 heteroatoms. The fourth-order valence-electron chi connectivity index (χ4n) is 1.84. The lowest BCUT2D eigenvalue weighted by molar-refractivity contribution is 0.101. The molecule has 78 valence electrons. The van der Waals surface area contributed by atoms with Crippen LogP contribution in [0.1, 0.15) is 17.3 Å². The van der Waals surface area contributed by atoms with E-state index in [2.05, 4.69) is 15.5 Å². The monoisotopic (exact) mass is 212 g/mol. The summed E-state index contributed by atoms with van der Waals surface area (Å²) in [6.45, 7) is 1.54. The third kappa shape index (κ3) is 1.11. The highest BCUT2D eigenvalue weighted by Crippen LogP contribution is 2.20. The molecule has 0 aliphatic heterocycles. The van der Waals surface area contributed by atoms with E-state index in [1.54, 1.807) is 17.5 Å². The van der Waals surface area contributed by atoms with Crippen molar-refractivity contribution in [3.8, 4) is 0 Å². The number of ketones is 1. The van der Waals surface area contributed by atoms with Gasteiger partial charge in [0, 0.05) is 10.9 Å². The summed E-state index contributed by atoms with van der Waals surface area (Å²) >= 11 is 0. The van der Waals surface area contributed by atoms with Gasteiger partial charge in [0.05, 0.1) is 5.52 Å². The lowest BCUT2D eigenvalue weighted by atomic mass is 10.1. The van der Waals surface area contributed by atoms with Crippen molar-refractivity contribution in [3.63, 3.8) is 0 Å². The standard InChI is InChI=1S/C11H8N4O/c1-7(16)9-6-11-12-13-14-15(11)10-5-3-2-4-8(9)10/h2-6H,1H3. The second-order valence-electron chi connectivity index (χ2n) is 3.58. The molecule has 16 heavy (non-hydrogen) atoms. The Kier molecular flexibility index (Phi) is 1.73. The van der Waals surface area contributed by atoms with Crippen molar-refractivity contribution < 1.29 is 4.79 Å². The number of pyridine rings is 1. The van der Waals surface area contributed by atoms with Crippen LogP contribution in [0.15, 0.2) is 30.3 Å². The smallest absolute Gasteiger partial charge is 0.180 e. The number of benzene rings is 1. The van der Waals surface area contributed by atoms with Gasteiger partial charge in [0.15, 0.2) is 11.4 Å². The highest BCUT2D eigenvalue weighted by Gasteiger charge is 2.10. The lowest BCUT2D eigenvalue weighted by Crippen LogP contribution is -1.99. The Morgan fingerprint density at radius 3 is 2.94 bits per heavy atom. The van der Waals surface area contributed by atoms with E-state index < -0.39 is 0 Å². The number of Topliss-reactive ketones (excluding diaryl/α,β-unsaturated/α-hetero) is 1. The fraction of sp³-hybridized carbons (Fsp3) is 0.0909. The molecule has 3 aromatic rings. The van der Waals surface area contributed by atoms with Crippen molar-refractivity contribution in [2.24, 2.45) is 0 Å². The first-order chi connectivity index (χ1) is 7.77. The highest BCUT2D eigenvalue weighted by molar-refractivity contribution is 6.07. The zero-order chi connectivity index (χ0) is 11.1. The molecule has 3 rings (SSSR count). The summed E-state index contributed by atoms with van der Waals surface area (Å²) in [5.41, 5.74) is 2.08. The van der Waals surface area contributed by atoms with Crippen LogP contribution < -0.4 is 0 Å². The molecule has 2 heterocycles. The van der Waals surface area contributed by atoms with Crippen molar-refractivity contribution in [1.82, 2.24) is 20.0 Å². The summed E-state index contributed by atoms with van der Waals surface area (Å²) in [6, 6.07) is 9.29. The zero-order valence-electron chi connectivity index (χ0n) is 8.58. The summed E-state index contributed by atoms with van der Waals surface area (Å²) in [5.74, 6) is 0.0155. The molecule has 0 N–H and O–H groups in total. The quantitative estimate of drug-likeness (QED) is 0.573. The van der Waals surface area contributed by atoms with Gasteiger partial charge < -0.3 is 0 Å². The number of aromatic nitrogens is 4. The number of hydrogen-bond acceptors (Lipinski definition) is 4. The van der Waals surface area contributed by atoms with E-state index in [0.29, 0.717) is 11.2 Å². The molecule has 5 nitrogen and oxygen atoms in total. The van der Waals surface area contributed by atoms with E-state index in [4.69, 9.17) is 0 Å². The van der Waals surface area contributed by atoms with E-state index in [9.17, 15) is 4.79 Å². The fourth-order valence-corrected chi connectivity index (χ4v) is 1.84. The minimum atomic E-state index is 0.0155. The molecule has 0 fully saturated rings. The Bertz CT molecular complexity index is 701. The van der Waals surface area contributed by atoms with E-state index in [-0.39, 0.29) is 5.78 Å². The first kappa shape index (κ1) is 8.96. The molecular weight excluding hydrogens is 204 g/mol. The summed E-state index contributed by atoms with van der Waals surface area (Å²) in [7, 11) is 0. The SMILES string of the molecule is CC(=O)c1cc2nnnn2c2ccccc12. The summed E-state index contributed by atoms with van der Waals surface area (Å²) in [6.07, 6.45) is 0. The number of carbonyl (C=O) groups is 1. The molecule has 0 aliphatic rings. The third-order valence-electron chi connectivity index (χ3n) is 2.57. The molecule has 0 saturated heterocycles. The second kappa shape index (κ2) is 3.10. The summed E-state index contributed by atoms with van der Waals surface area (Å²) in [5, 5.41) is 12.2. The van der Waals surface area contributed by atoms with E-state index in [0.717, 1.165) is 10.9 Å². The van der Waals surface area contributed by atoms with Gasteiger partial charge in [0.1, 0.15) is 0 Å². The van der Waals surface area contributed by atoms with Gasteiger partial charge in [-0.25, -0.2) is 0 Å². The van der Waals surface area contributed by atoms with Gasteiger partial charge in [0.25, 0.3) is 0 Å². The van der Waals surface area contributed by atoms with Crippen LogP contribution in [0.2, 0.25) is 0 Å². The molecule has 0 aliphatic carbocycles. The van der Waals surface area contributed by atoms with Gasteiger partial charge in [0.2, 0.25) is 0 Å². The average molecular weight is 212 g/mol. The van der Waals surface area contributed by atoms with Crippen LogP contribution >= 0.6 is 0 Å². The van der Waals surface area contributed by atoms with E-state index in [1.165, 1.54) is 0 Å². The number of fused-ring (bicyclic) bond motifs is 3. The molecule has 0 unspecified atom stereocenters. The number of hydrogen-bond donors (Lipinski definition) is 0. The van der Waals surface area contributed by atoms with Gasteiger partial charge in [-0.05, 0) is 29.5 Å². The van der Waals surface area contributed by atoms with Crippen molar-refractivity contribution >= 4 is 22.3 Å². The maximum Gasteiger partial charge on any atom is 0.180 e. The predicted molar refractivity (Wildman–Crippen MR) is 58.3 cm³/mol. The summed E-state index contributed by atoms with van der Waals surface area (Å²) in [4.78, 5) is 11.5. The largest absolute Gasteiger partial charge is 0.294 e. The van der Waals surface area contributed by atoms with Gasteiger partial charge in [-0.2, -0.15) is 4.52 Å². The van der Waals surface area contributed by atoms with Crippen LogP contribution in [-0.4, -0.2) is 25.8 Å². The first-order valence-electron chi connectivity index (χ1n) is 4.88. The van der Waals surface area contributed by atoms with Gasteiger partial charge in [-0.1, -0.05) is 18.2 Å². The van der Waals surface area contributed by atoms with Crippen molar-refractivity contribution in [2.45, 2.75) is 6.92 Å². The number of para-hydroxylation sites is 1. The topological polar surface area (TPSA) is 60.2 Å². The van der Waals surface area contributed by atoms with Gasteiger partial charge in [-0.3, -0.25) is 4.79 Å². The Morgan fingerprint density at radius 1 is 1.31 bits per heavy atom. The molecule has 0 atom stereocenters. The van der Waals surface area contributed by atoms with Gasteiger partial charge >= 0.3 is 0 Å². The summed E-state index contributed by atoms with van der Waals surface area (Å²) < 4.78 is 1.63. The van der Waals surface area contributed by atoms with E-state index >= 15 is 0 Å². The Balaban J connectivity index is 2.60. The normalized spacial score (nSPS) is 11.1. The van der Waals surface area contributed by atoms with Crippen LogP contribution in [0.25, 0.3) is 16.6 Å². The third-order valence-corrected chi connectivity index (χ3v) is 2.57. The van der Waals surface area contributed by atoms with Crippen molar-refractivity contribution in [2.75, 3.05) is 0 Å². The first-order valence-corrected chi connectivity index (χ1v) is 4.88. The van der Waals surface area contributed by atoms with Crippen LogP contribution in [0.4, 0.5) is 0 Å². The van der Waals surface area contributed by atoms with Gasteiger partial charge in [-0.15, -0.1) is 5.10 Å². The Labute approximate surface area is 90.7 Å². The minimum Gasteiger partial charge on any atom is -0.294 e. The maximum absolute atomic E-state index is 11.5. The van der Waals surface area contributed by atoms with Crippen molar-refractivity contribution in [1.29, 1.82) is 0 Å². The molecule has 0 radical (unpaired) electrons. The molecule has 2 aromatic heterocycles. The molecule has 0 spiro atoms. The molecule has 0 bridgehead atoms. The van der Waals surface area contributed by atoms with Crippen molar-refractivity contribution in [3.05, 3.63) is 35.9 Å². The maximum atomic E-state index is 11.5. The number of rotatable bonds is 1. The molecule has 1 aromatic carbocycles. The number of tetrazole rings is 1. The lowest BCUT2D eigenvalue weighted by Gasteiger charge is -2.03. The van der Waals surface area contributed by atoms with Crippen LogP contribution in [0.3, 0.4) is 0 Å². The Morgan fingerprint density at radius 2 is 2.12 bits per heavy atom. The molecule has 0 amide bonds. The highest BCUT2D eigenvalue weighted by atomic mass is 16.1.